The van der Waals surface area contributed by atoms with E-state index in [0.717, 1.165) is 43.0 Å². The van der Waals surface area contributed by atoms with E-state index >= 15 is 0 Å². The zero-order valence-electron chi connectivity index (χ0n) is 39.3. The number of hydrogen-bond donors (Lipinski definition) is 4. The molecule has 2 saturated heterocycles. The zero-order valence-corrected chi connectivity index (χ0v) is 39.3. The lowest BCUT2D eigenvalue weighted by atomic mass is 9.84. The van der Waals surface area contributed by atoms with Crippen LogP contribution < -0.4 is 15.6 Å². The Morgan fingerprint density at radius 1 is 1.00 bits per heavy atom. The van der Waals surface area contributed by atoms with Crippen molar-refractivity contribution in [1.82, 2.24) is 35.1 Å². The van der Waals surface area contributed by atoms with Gasteiger partial charge in [-0.1, -0.05) is 26.0 Å². The monoisotopic (exact) mass is 925 g/mol. The van der Waals surface area contributed by atoms with Gasteiger partial charge in [-0.15, -0.1) is 0 Å². The first-order valence-electron chi connectivity index (χ1n) is 23.2. The number of pyridine rings is 1. The van der Waals surface area contributed by atoms with Crippen LogP contribution >= 0.6 is 0 Å². The first kappa shape index (κ1) is 49.2. The SMILES string of the molecule is CO[C@@H](C)c1ncc(N2CCN(C3CC3)CC2)cc1-c1c(CC(C)(C)CO)c2cc(C3=CCCN(C[C@H](NC(=O)OC(C)(C)C)C(=O)N4CCC[C@@H](C(=O)O)N4)C3)ccc2n1CC(F)(F)F. The van der Waals surface area contributed by atoms with Gasteiger partial charge in [0.05, 0.1) is 29.4 Å². The number of hydrazine groups is 1. The van der Waals surface area contributed by atoms with E-state index in [1.54, 1.807) is 40.1 Å². The molecule has 2 amide bonds. The van der Waals surface area contributed by atoms with Gasteiger partial charge in [0, 0.05) is 88.6 Å². The Labute approximate surface area is 385 Å². The predicted octanol–water partition coefficient (Wildman–Crippen LogP) is 6.38. The number of aliphatic hydroxyl groups excluding tert-OH is 1. The van der Waals surface area contributed by atoms with Crippen LogP contribution in [0.5, 0.6) is 0 Å². The molecular weight excluding hydrogens is 858 g/mol. The molecule has 3 atom stereocenters. The van der Waals surface area contributed by atoms with E-state index in [9.17, 15) is 37.8 Å². The summed E-state index contributed by atoms with van der Waals surface area (Å²) < 4.78 is 57.3. The quantitative estimate of drug-likeness (QED) is 0.133. The van der Waals surface area contributed by atoms with E-state index in [1.807, 2.05) is 43.9 Å². The van der Waals surface area contributed by atoms with Gasteiger partial charge < -0.3 is 34.5 Å². The summed E-state index contributed by atoms with van der Waals surface area (Å²) in [6, 6.07) is 6.05. The number of alkyl halides is 3. The third-order valence-corrected chi connectivity index (χ3v) is 13.0. The Balaban J connectivity index is 1.27. The van der Waals surface area contributed by atoms with E-state index in [0.29, 0.717) is 71.8 Å². The third kappa shape index (κ3) is 11.9. The van der Waals surface area contributed by atoms with Crippen LogP contribution in [0.25, 0.3) is 27.7 Å². The molecule has 7 rings (SSSR count). The van der Waals surface area contributed by atoms with E-state index in [4.69, 9.17) is 14.5 Å². The number of methoxy groups -OCH3 is 1. The second-order valence-electron chi connectivity index (χ2n) is 20.1. The minimum absolute atomic E-state index is 0.0784. The molecule has 4 N–H and O–H groups in total. The van der Waals surface area contributed by atoms with Gasteiger partial charge in [-0.25, -0.2) is 10.2 Å². The van der Waals surface area contributed by atoms with Crippen LogP contribution in [0.1, 0.15) is 96.6 Å². The number of nitrogens with one attached hydrogen (secondary N) is 2. The molecule has 3 aliphatic heterocycles. The summed E-state index contributed by atoms with van der Waals surface area (Å²) in [4.78, 5) is 50.7. The summed E-state index contributed by atoms with van der Waals surface area (Å²) in [5.74, 6) is -1.58. The molecule has 15 nitrogen and oxygen atoms in total. The minimum Gasteiger partial charge on any atom is -0.480 e. The molecule has 3 aromatic rings. The van der Waals surface area contributed by atoms with Crippen LogP contribution in [0.4, 0.5) is 23.7 Å². The zero-order chi connectivity index (χ0) is 47.7. The Morgan fingerprint density at radius 3 is 2.36 bits per heavy atom. The number of aliphatic hydroxyl groups is 1. The number of aromatic nitrogens is 2. The molecule has 0 radical (unpaired) electrons. The minimum atomic E-state index is -4.58. The number of ether oxygens (including phenoxy) is 2. The Bertz CT molecular complexity index is 2280. The molecule has 3 fully saturated rings. The largest absolute Gasteiger partial charge is 0.480 e. The molecule has 0 bridgehead atoms. The molecule has 362 valence electrons. The number of amides is 2. The van der Waals surface area contributed by atoms with E-state index < -0.39 is 59.9 Å². The molecule has 1 aromatic carbocycles. The number of carbonyl (C=O) groups is 3. The normalized spacial score (nSPS) is 20.3. The number of nitrogens with zero attached hydrogens (tertiary/aromatic N) is 6. The van der Waals surface area contributed by atoms with Gasteiger partial charge >= 0.3 is 18.2 Å². The van der Waals surface area contributed by atoms with Crippen molar-refractivity contribution in [3.63, 3.8) is 0 Å². The molecule has 1 aliphatic carbocycles. The lowest BCUT2D eigenvalue weighted by Crippen LogP contribution is -2.62. The smallest absolute Gasteiger partial charge is 0.408 e. The van der Waals surface area contributed by atoms with Crippen molar-refractivity contribution in [2.75, 3.05) is 71.0 Å². The Morgan fingerprint density at radius 2 is 1.73 bits per heavy atom. The topological polar surface area (TPSA) is 165 Å². The summed E-state index contributed by atoms with van der Waals surface area (Å²) in [6.07, 6.45) is 2.05. The van der Waals surface area contributed by atoms with Crippen molar-refractivity contribution in [3.05, 3.63) is 53.4 Å². The summed E-state index contributed by atoms with van der Waals surface area (Å²) >= 11 is 0. The highest BCUT2D eigenvalue weighted by molar-refractivity contribution is 5.95. The lowest BCUT2D eigenvalue weighted by molar-refractivity contribution is -0.148. The summed E-state index contributed by atoms with van der Waals surface area (Å²) in [6.45, 7) is 13.9. The van der Waals surface area contributed by atoms with Gasteiger partial charge in [0.2, 0.25) is 0 Å². The van der Waals surface area contributed by atoms with Crippen LogP contribution in [-0.2, 0) is 32.0 Å². The number of carbonyl (C=O) groups excluding carboxylic acids is 2. The molecular formula is C48H67F3N8O7. The summed E-state index contributed by atoms with van der Waals surface area (Å²) in [5, 5.41) is 24.9. The average Bonchev–Trinajstić information content (AvgIpc) is 4.09. The lowest BCUT2D eigenvalue weighted by Gasteiger charge is -2.36. The molecule has 2 aromatic heterocycles. The van der Waals surface area contributed by atoms with Gasteiger partial charge in [-0.05, 0) is 107 Å². The van der Waals surface area contributed by atoms with Crippen LogP contribution in [0.3, 0.4) is 0 Å². The standard InChI is InChI=1S/C48H67F3N8O7/c1-30(65-7)41-36(23-34(25-52-41)57-20-18-56(19-21-57)33-13-14-33)42-37(24-47(5,6)29-60)35-22-31(12-15-40(35)58(42)28-48(49,50)51)32-10-8-16-55(26-32)27-39(53-45(64)66-46(2,3)4)43(61)59-17-9-11-38(54-59)44(62)63/h10,12,15,22-23,25,30,33,38-39,54,60H,8-9,11,13-14,16-21,24,26-29H2,1-7H3,(H,53,64)(H,62,63)/t30-,38-,39-/m0/s1. The highest BCUT2D eigenvalue weighted by atomic mass is 19.4. The predicted molar refractivity (Wildman–Crippen MR) is 246 cm³/mol. The van der Waals surface area contributed by atoms with Crippen molar-refractivity contribution in [2.45, 2.75) is 123 Å². The highest BCUT2D eigenvalue weighted by Crippen LogP contribution is 2.44. The van der Waals surface area contributed by atoms with Gasteiger partial charge in [0.1, 0.15) is 24.2 Å². The number of aliphatic carboxylic acids is 1. The maximum absolute atomic E-state index is 14.9. The molecule has 0 spiro atoms. The second-order valence-corrected chi connectivity index (χ2v) is 20.1. The molecule has 5 heterocycles. The number of hydrogen-bond acceptors (Lipinski definition) is 11. The number of piperazine rings is 1. The molecule has 66 heavy (non-hydrogen) atoms. The number of rotatable bonds is 15. The highest BCUT2D eigenvalue weighted by Gasteiger charge is 2.38. The van der Waals surface area contributed by atoms with Crippen LogP contribution in [0.15, 0.2) is 36.5 Å². The van der Waals surface area contributed by atoms with Crippen molar-refractivity contribution < 1.29 is 47.2 Å². The van der Waals surface area contributed by atoms with Crippen LogP contribution in [-0.4, -0.2) is 149 Å². The first-order valence-corrected chi connectivity index (χ1v) is 23.2. The fourth-order valence-electron chi connectivity index (χ4n) is 9.41. The fourth-order valence-corrected chi connectivity index (χ4v) is 9.41. The van der Waals surface area contributed by atoms with Gasteiger partial charge in [-0.3, -0.25) is 29.4 Å². The summed E-state index contributed by atoms with van der Waals surface area (Å²) in [5.41, 5.74) is 6.24. The molecule has 18 heteroatoms. The number of benzene rings is 1. The molecule has 1 saturated carbocycles. The van der Waals surface area contributed by atoms with E-state index in [-0.39, 0.29) is 26.1 Å². The van der Waals surface area contributed by atoms with E-state index in [2.05, 4.69) is 26.6 Å². The average molecular weight is 925 g/mol. The maximum Gasteiger partial charge on any atom is 0.408 e. The van der Waals surface area contributed by atoms with Gasteiger partial charge in [0.15, 0.2) is 0 Å². The number of anilines is 1. The van der Waals surface area contributed by atoms with Crippen molar-refractivity contribution >= 4 is 40.1 Å². The van der Waals surface area contributed by atoms with Gasteiger partial charge in [0.25, 0.3) is 5.91 Å². The van der Waals surface area contributed by atoms with Crippen molar-refractivity contribution in [1.29, 1.82) is 0 Å². The Kier molecular flexibility index (Phi) is 14.8. The fraction of sp³-hybridized carbons (Fsp3) is 0.625. The summed E-state index contributed by atoms with van der Waals surface area (Å²) in [7, 11) is 1.56. The second kappa shape index (κ2) is 19.8. The molecule has 4 aliphatic rings. The van der Waals surface area contributed by atoms with E-state index in [1.165, 1.54) is 22.4 Å². The van der Waals surface area contributed by atoms with Gasteiger partial charge in [-0.2, -0.15) is 13.2 Å². The van der Waals surface area contributed by atoms with Crippen LogP contribution in [0.2, 0.25) is 0 Å². The number of halogens is 3. The van der Waals surface area contributed by atoms with Crippen LogP contribution in [0, 0.1) is 5.41 Å². The van der Waals surface area contributed by atoms with Crippen molar-refractivity contribution in [2.24, 2.45) is 5.41 Å². The number of carboxylic acid groups (broad SMARTS) is 1. The number of carboxylic acids is 1. The Hall–Kier alpha value is -4.75. The third-order valence-electron chi connectivity index (χ3n) is 13.0. The number of fused-ring (bicyclic) bond motifs is 1. The maximum atomic E-state index is 14.9. The van der Waals surface area contributed by atoms with Crippen molar-refractivity contribution in [3.8, 4) is 11.3 Å². The number of alkyl carbamates (subject to hydrolysis) is 1. The molecule has 0 unspecified atom stereocenters. The first-order chi connectivity index (χ1) is 31.1.